The SMILES string of the molecule is Cn1c(=O)c2c(-c3cccc([N+](=O)[O-])c3)n3c(c2n(C)c1=O)[C@@H](/C=C/c1ccccc1)OCC3. The zero-order chi connectivity index (χ0) is 24.0. The Labute approximate surface area is 193 Å². The Bertz CT molecular complexity index is 1580. The molecule has 0 radical (unpaired) electrons. The fraction of sp³-hybridized carbons (Fsp3) is 0.200. The van der Waals surface area contributed by atoms with Gasteiger partial charge in [0.05, 0.1) is 33.8 Å². The number of hydrogen-bond acceptors (Lipinski definition) is 5. The monoisotopic (exact) mass is 458 g/mol. The number of ether oxygens (including phenoxy) is 1. The third-order valence-corrected chi connectivity index (χ3v) is 6.18. The maximum absolute atomic E-state index is 13.4. The highest BCUT2D eigenvalue weighted by atomic mass is 16.6. The number of hydrogen-bond donors (Lipinski definition) is 0. The zero-order valence-electron chi connectivity index (χ0n) is 18.7. The Morgan fingerprint density at radius 2 is 1.82 bits per heavy atom. The van der Waals surface area contributed by atoms with Crippen LogP contribution in [0.5, 0.6) is 0 Å². The van der Waals surface area contributed by atoms with Crippen molar-refractivity contribution in [2.75, 3.05) is 6.61 Å². The molecule has 0 spiro atoms. The summed E-state index contributed by atoms with van der Waals surface area (Å²) in [6, 6.07) is 15.9. The van der Waals surface area contributed by atoms with E-state index in [0.29, 0.717) is 41.0 Å². The third-order valence-electron chi connectivity index (χ3n) is 6.18. The molecule has 34 heavy (non-hydrogen) atoms. The number of rotatable bonds is 4. The van der Waals surface area contributed by atoms with E-state index in [1.807, 2.05) is 47.1 Å². The lowest BCUT2D eigenvalue weighted by molar-refractivity contribution is -0.384. The highest BCUT2D eigenvalue weighted by Crippen LogP contribution is 2.39. The van der Waals surface area contributed by atoms with Crippen molar-refractivity contribution in [3.05, 3.63) is 103 Å². The van der Waals surface area contributed by atoms with Crippen LogP contribution in [-0.4, -0.2) is 25.2 Å². The summed E-state index contributed by atoms with van der Waals surface area (Å²) in [7, 11) is 3.05. The summed E-state index contributed by atoms with van der Waals surface area (Å²) in [4.78, 5) is 37.2. The van der Waals surface area contributed by atoms with Crippen LogP contribution in [0.3, 0.4) is 0 Å². The zero-order valence-corrected chi connectivity index (χ0v) is 18.7. The second kappa shape index (κ2) is 8.27. The standard InChI is InChI=1S/C25H22N4O5/c1-26-23-20(24(30)27(2)25(26)31)21(17-9-6-10-18(15-17)29(32)33)28-13-14-34-19(22(23)28)12-11-16-7-4-3-5-8-16/h3-12,15,19H,13-14H2,1-2H3/b12-11+/t19-/m1/s1. The van der Waals surface area contributed by atoms with Gasteiger partial charge in [0.25, 0.3) is 11.2 Å². The first-order valence-electron chi connectivity index (χ1n) is 10.8. The van der Waals surface area contributed by atoms with E-state index in [0.717, 1.165) is 10.1 Å². The van der Waals surface area contributed by atoms with Gasteiger partial charge in [-0.05, 0) is 11.6 Å². The van der Waals surface area contributed by atoms with E-state index in [9.17, 15) is 19.7 Å². The molecule has 172 valence electrons. The van der Waals surface area contributed by atoms with Gasteiger partial charge in [-0.2, -0.15) is 0 Å². The van der Waals surface area contributed by atoms with Crippen LogP contribution in [0.1, 0.15) is 17.4 Å². The molecule has 0 saturated carbocycles. The number of nitro benzene ring substituents is 1. The number of aryl methyl sites for hydroxylation is 1. The molecule has 0 saturated heterocycles. The van der Waals surface area contributed by atoms with Crippen molar-refractivity contribution in [3.8, 4) is 11.3 Å². The lowest BCUT2D eigenvalue weighted by Crippen LogP contribution is -2.37. The van der Waals surface area contributed by atoms with Gasteiger partial charge < -0.3 is 9.30 Å². The molecule has 1 aliphatic heterocycles. The van der Waals surface area contributed by atoms with Crippen LogP contribution in [0.4, 0.5) is 5.69 Å². The van der Waals surface area contributed by atoms with Crippen LogP contribution in [0.25, 0.3) is 28.2 Å². The minimum Gasteiger partial charge on any atom is -0.366 e. The van der Waals surface area contributed by atoms with Crippen molar-refractivity contribution in [2.24, 2.45) is 14.1 Å². The molecule has 5 rings (SSSR count). The van der Waals surface area contributed by atoms with Crippen LogP contribution < -0.4 is 11.2 Å². The lowest BCUT2D eigenvalue weighted by atomic mass is 10.1. The Hall–Kier alpha value is -4.24. The fourth-order valence-electron chi connectivity index (χ4n) is 4.59. The minimum atomic E-state index is -0.512. The molecule has 2 aromatic carbocycles. The van der Waals surface area contributed by atoms with Crippen molar-refractivity contribution in [1.29, 1.82) is 0 Å². The van der Waals surface area contributed by atoms with Crippen LogP contribution >= 0.6 is 0 Å². The molecule has 0 amide bonds. The van der Waals surface area contributed by atoms with Gasteiger partial charge in [0.15, 0.2) is 0 Å². The van der Waals surface area contributed by atoms with E-state index in [1.165, 1.54) is 23.7 Å². The van der Waals surface area contributed by atoms with E-state index in [1.54, 1.807) is 19.2 Å². The summed E-state index contributed by atoms with van der Waals surface area (Å²) in [5, 5.41) is 11.8. The highest BCUT2D eigenvalue weighted by Gasteiger charge is 2.31. The van der Waals surface area contributed by atoms with Crippen LogP contribution in [-0.2, 0) is 25.4 Å². The first kappa shape index (κ1) is 21.6. The molecule has 0 bridgehead atoms. The predicted molar refractivity (Wildman–Crippen MR) is 129 cm³/mol. The molecule has 9 nitrogen and oxygen atoms in total. The van der Waals surface area contributed by atoms with E-state index in [-0.39, 0.29) is 5.69 Å². The molecule has 1 aliphatic rings. The van der Waals surface area contributed by atoms with Gasteiger partial charge >= 0.3 is 5.69 Å². The van der Waals surface area contributed by atoms with Gasteiger partial charge in [-0.3, -0.25) is 24.0 Å². The molecule has 0 N–H and O–H groups in total. The molecule has 0 unspecified atom stereocenters. The third kappa shape index (κ3) is 3.37. The number of benzene rings is 2. The summed E-state index contributed by atoms with van der Waals surface area (Å²) in [5.41, 5.74) is 2.24. The van der Waals surface area contributed by atoms with Gasteiger partial charge in [0.2, 0.25) is 0 Å². The molecule has 3 heterocycles. The number of nitrogens with zero attached hydrogens (tertiary/aromatic N) is 4. The molecule has 4 aromatic rings. The molecule has 2 aromatic heterocycles. The van der Waals surface area contributed by atoms with Gasteiger partial charge in [0, 0.05) is 38.3 Å². The largest absolute Gasteiger partial charge is 0.366 e. The summed E-state index contributed by atoms with van der Waals surface area (Å²) in [5.74, 6) is 0. The van der Waals surface area contributed by atoms with Crippen LogP contribution in [0, 0.1) is 10.1 Å². The maximum Gasteiger partial charge on any atom is 0.331 e. The fourth-order valence-corrected chi connectivity index (χ4v) is 4.59. The predicted octanol–water partition coefficient (Wildman–Crippen LogP) is 3.40. The topological polar surface area (TPSA) is 101 Å². The van der Waals surface area contributed by atoms with Crippen molar-refractivity contribution < 1.29 is 9.66 Å². The van der Waals surface area contributed by atoms with E-state index in [4.69, 9.17) is 4.74 Å². The summed E-state index contributed by atoms with van der Waals surface area (Å²) < 4.78 is 10.5. The molecule has 9 heteroatoms. The van der Waals surface area contributed by atoms with Crippen molar-refractivity contribution in [2.45, 2.75) is 12.6 Å². The summed E-state index contributed by atoms with van der Waals surface area (Å²) in [6.07, 6.45) is 3.33. The number of aromatic nitrogens is 3. The van der Waals surface area contributed by atoms with Crippen LogP contribution in [0.2, 0.25) is 0 Å². The van der Waals surface area contributed by atoms with Gasteiger partial charge in [0.1, 0.15) is 6.10 Å². The van der Waals surface area contributed by atoms with Gasteiger partial charge in [-0.15, -0.1) is 0 Å². The summed E-state index contributed by atoms with van der Waals surface area (Å²) in [6.45, 7) is 0.822. The number of non-ortho nitro benzene ring substituents is 1. The van der Waals surface area contributed by atoms with E-state index < -0.39 is 22.3 Å². The molecule has 0 aliphatic carbocycles. The lowest BCUT2D eigenvalue weighted by Gasteiger charge is -2.25. The van der Waals surface area contributed by atoms with E-state index in [2.05, 4.69) is 0 Å². The Morgan fingerprint density at radius 3 is 2.56 bits per heavy atom. The first-order chi connectivity index (χ1) is 16.4. The first-order valence-corrected chi connectivity index (χ1v) is 10.8. The van der Waals surface area contributed by atoms with Crippen molar-refractivity contribution in [3.63, 3.8) is 0 Å². The molecule has 1 atom stereocenters. The second-order valence-corrected chi connectivity index (χ2v) is 8.18. The molecular formula is C25H22N4O5. The normalized spacial score (nSPS) is 15.6. The number of fused-ring (bicyclic) bond motifs is 3. The summed E-state index contributed by atoms with van der Waals surface area (Å²) >= 11 is 0. The van der Waals surface area contributed by atoms with Crippen molar-refractivity contribution >= 4 is 22.7 Å². The Kier molecular flexibility index (Phi) is 5.25. The van der Waals surface area contributed by atoms with Gasteiger partial charge in [-0.1, -0.05) is 48.5 Å². The van der Waals surface area contributed by atoms with Crippen molar-refractivity contribution in [1.82, 2.24) is 13.7 Å². The van der Waals surface area contributed by atoms with E-state index >= 15 is 0 Å². The smallest absolute Gasteiger partial charge is 0.331 e. The average Bonchev–Trinajstić information content (AvgIpc) is 3.21. The second-order valence-electron chi connectivity index (χ2n) is 8.18. The Morgan fingerprint density at radius 1 is 1.06 bits per heavy atom. The minimum absolute atomic E-state index is 0.0737. The van der Waals surface area contributed by atoms with Crippen LogP contribution in [0.15, 0.2) is 70.3 Å². The van der Waals surface area contributed by atoms with Gasteiger partial charge in [-0.25, -0.2) is 4.79 Å². The Balaban J connectivity index is 1.83. The number of nitro groups is 1. The highest BCUT2D eigenvalue weighted by molar-refractivity contribution is 5.96. The average molecular weight is 458 g/mol. The molecular weight excluding hydrogens is 436 g/mol. The molecule has 0 fully saturated rings. The quantitative estimate of drug-likeness (QED) is 0.345. The maximum atomic E-state index is 13.4.